The number of carbonyl (C=O) groups is 1. The van der Waals surface area contributed by atoms with Gasteiger partial charge in [0.05, 0.1) is 0 Å². The van der Waals surface area contributed by atoms with E-state index < -0.39 is 0 Å². The molecule has 0 rings (SSSR count). The Labute approximate surface area is 111 Å². The van der Waals surface area contributed by atoms with Gasteiger partial charge in [-0.1, -0.05) is 36.5 Å². The van der Waals surface area contributed by atoms with Crippen LogP contribution in [0.15, 0.2) is 37.0 Å². The van der Waals surface area contributed by atoms with Gasteiger partial charge in [0.15, 0.2) is 0 Å². The van der Waals surface area contributed by atoms with Gasteiger partial charge in [-0.2, -0.15) is 0 Å². The third kappa shape index (κ3) is 14.0. The van der Waals surface area contributed by atoms with Gasteiger partial charge in [-0.3, -0.25) is 4.79 Å². The molecule has 0 aliphatic carbocycles. The highest BCUT2D eigenvalue weighted by molar-refractivity contribution is 5.65. The van der Waals surface area contributed by atoms with Gasteiger partial charge in [0, 0.05) is 6.42 Å². The van der Waals surface area contributed by atoms with Crippen molar-refractivity contribution >= 4 is 6.29 Å². The van der Waals surface area contributed by atoms with Crippen LogP contribution in [-0.4, -0.2) is 6.29 Å². The van der Waals surface area contributed by atoms with Crippen molar-refractivity contribution in [1.29, 1.82) is 0 Å². The molecule has 0 aromatic heterocycles. The zero-order chi connectivity index (χ0) is 13.3. The summed E-state index contributed by atoms with van der Waals surface area (Å²) in [6.07, 6.45) is 16.4. The van der Waals surface area contributed by atoms with Gasteiger partial charge in [0.25, 0.3) is 0 Å². The van der Waals surface area contributed by atoms with Gasteiger partial charge in [-0.05, 0) is 49.7 Å². The summed E-state index contributed by atoms with van der Waals surface area (Å²) in [6.45, 7) is 3.70. The Morgan fingerprint density at radius 3 is 2.61 bits per heavy atom. The molecule has 0 radical (unpaired) electrons. The zero-order valence-corrected chi connectivity index (χ0v) is 10.8. The highest BCUT2D eigenvalue weighted by atomic mass is 16.1. The van der Waals surface area contributed by atoms with Crippen molar-refractivity contribution in [2.24, 2.45) is 0 Å². The van der Waals surface area contributed by atoms with E-state index in [2.05, 4.69) is 42.4 Å². The second kappa shape index (κ2) is 15.0. The van der Waals surface area contributed by atoms with E-state index in [1.165, 1.54) is 31.4 Å². The number of hydrogen-bond donors (Lipinski definition) is 0. The minimum Gasteiger partial charge on any atom is -0.299 e. The van der Waals surface area contributed by atoms with Crippen LogP contribution in [0, 0.1) is 23.7 Å². The highest BCUT2D eigenvalue weighted by Crippen LogP contribution is 2.03. The third-order valence-corrected chi connectivity index (χ3v) is 2.15. The maximum absolute atomic E-state index is 9.92. The van der Waals surface area contributed by atoms with Gasteiger partial charge in [0.2, 0.25) is 0 Å². The Bertz CT molecular complexity index is 391. The van der Waals surface area contributed by atoms with Crippen LogP contribution in [0.2, 0.25) is 0 Å². The second-order valence-electron chi connectivity index (χ2n) is 3.67. The van der Waals surface area contributed by atoms with E-state index in [0.717, 1.165) is 19.3 Å². The molecule has 0 aliphatic heterocycles. The Kier molecular flexibility index (Phi) is 13.4. The summed E-state index contributed by atoms with van der Waals surface area (Å²) in [4.78, 5) is 9.92. The predicted octanol–water partition coefficient (Wildman–Crippen LogP) is 3.83. The van der Waals surface area contributed by atoms with Gasteiger partial charge in [-0.25, -0.2) is 0 Å². The molecular weight excluding hydrogens is 220 g/mol. The lowest BCUT2D eigenvalue weighted by Gasteiger charge is -1.93. The van der Waals surface area contributed by atoms with E-state index in [1.54, 1.807) is 0 Å². The normalized spacial score (nSPS) is 9.56. The van der Waals surface area contributed by atoms with Crippen molar-refractivity contribution in [2.75, 3.05) is 0 Å². The molecule has 0 bridgehead atoms. The monoisotopic (exact) mass is 240 g/mol. The average molecular weight is 240 g/mol. The first kappa shape index (κ1) is 16.0. The lowest BCUT2D eigenvalue weighted by Crippen LogP contribution is -1.74. The fraction of sp³-hybridized carbons (Fsp3) is 0.353. The van der Waals surface area contributed by atoms with Crippen molar-refractivity contribution in [3.05, 3.63) is 37.0 Å². The average Bonchev–Trinajstić information content (AvgIpc) is 2.39. The van der Waals surface area contributed by atoms with Crippen LogP contribution in [0.25, 0.3) is 0 Å². The van der Waals surface area contributed by atoms with Crippen LogP contribution in [0.1, 0.15) is 38.5 Å². The first-order valence-corrected chi connectivity index (χ1v) is 6.26. The van der Waals surface area contributed by atoms with Crippen LogP contribution in [0.5, 0.6) is 0 Å². The third-order valence-electron chi connectivity index (χ3n) is 2.15. The van der Waals surface area contributed by atoms with E-state index in [1.807, 2.05) is 6.08 Å². The number of rotatable bonds is 8. The Morgan fingerprint density at radius 1 is 1.00 bits per heavy atom. The van der Waals surface area contributed by atoms with E-state index >= 15 is 0 Å². The lowest BCUT2D eigenvalue weighted by molar-refractivity contribution is -0.104. The fourth-order valence-electron chi connectivity index (χ4n) is 1.25. The summed E-state index contributed by atoms with van der Waals surface area (Å²) < 4.78 is 0. The van der Waals surface area contributed by atoms with Gasteiger partial charge < -0.3 is 0 Å². The topological polar surface area (TPSA) is 17.1 Å². The summed E-state index contributed by atoms with van der Waals surface area (Å²) >= 11 is 0. The van der Waals surface area contributed by atoms with Crippen LogP contribution >= 0.6 is 0 Å². The van der Waals surface area contributed by atoms with Crippen LogP contribution in [-0.2, 0) is 4.79 Å². The van der Waals surface area contributed by atoms with Crippen molar-refractivity contribution in [1.82, 2.24) is 0 Å². The quantitative estimate of drug-likeness (QED) is 0.207. The fourth-order valence-corrected chi connectivity index (χ4v) is 1.25. The van der Waals surface area contributed by atoms with Crippen molar-refractivity contribution in [3.63, 3.8) is 0 Å². The summed E-state index contributed by atoms with van der Waals surface area (Å²) in [7, 11) is 0. The van der Waals surface area contributed by atoms with E-state index in [-0.39, 0.29) is 0 Å². The maximum atomic E-state index is 9.92. The Balaban J connectivity index is 3.49. The number of carbonyl (C=O) groups excluding carboxylic acids is 1. The lowest BCUT2D eigenvalue weighted by atomic mass is 10.1. The molecule has 0 amide bonds. The summed E-state index contributed by atoms with van der Waals surface area (Å²) in [5.74, 6) is 10.9. The van der Waals surface area contributed by atoms with Gasteiger partial charge in [-0.15, -0.1) is 6.58 Å². The molecule has 94 valence electrons. The molecule has 0 aliphatic rings. The summed E-state index contributed by atoms with van der Waals surface area (Å²) in [6, 6.07) is 0. The predicted molar refractivity (Wildman–Crippen MR) is 77.8 cm³/mol. The maximum Gasteiger partial charge on any atom is 0.143 e. The van der Waals surface area contributed by atoms with Crippen LogP contribution < -0.4 is 0 Å². The smallest absolute Gasteiger partial charge is 0.143 e. The molecule has 18 heavy (non-hydrogen) atoms. The second-order valence-corrected chi connectivity index (χ2v) is 3.67. The van der Waals surface area contributed by atoms with E-state index in [9.17, 15) is 4.79 Å². The van der Waals surface area contributed by atoms with Crippen LogP contribution in [0.4, 0.5) is 0 Å². The molecular formula is C17H20O. The molecule has 0 spiro atoms. The zero-order valence-electron chi connectivity index (χ0n) is 10.8. The highest BCUT2D eigenvalue weighted by Gasteiger charge is 1.84. The van der Waals surface area contributed by atoms with Crippen LogP contribution in [0.3, 0.4) is 0 Å². The molecule has 0 aromatic carbocycles. The molecule has 1 nitrogen and oxygen atoms in total. The Hall–Kier alpha value is -1.99. The Morgan fingerprint density at radius 2 is 1.83 bits per heavy atom. The van der Waals surface area contributed by atoms with Crippen molar-refractivity contribution in [2.45, 2.75) is 38.5 Å². The number of allylic oxidation sites excluding steroid dienone is 5. The minimum absolute atomic E-state index is 0.694. The first-order valence-electron chi connectivity index (χ1n) is 6.26. The summed E-state index contributed by atoms with van der Waals surface area (Å²) in [5.41, 5.74) is 0. The molecule has 0 heterocycles. The van der Waals surface area contributed by atoms with Gasteiger partial charge >= 0.3 is 0 Å². The van der Waals surface area contributed by atoms with Crippen molar-refractivity contribution < 1.29 is 4.79 Å². The first-order chi connectivity index (χ1) is 8.91. The van der Waals surface area contributed by atoms with E-state index in [0.29, 0.717) is 6.29 Å². The molecule has 0 fully saturated rings. The molecule has 1 heteroatoms. The van der Waals surface area contributed by atoms with Crippen molar-refractivity contribution in [3.8, 4) is 23.7 Å². The molecule has 0 atom stereocenters. The number of unbranched alkanes of at least 4 members (excludes halogenated alkanes) is 4. The van der Waals surface area contributed by atoms with E-state index in [4.69, 9.17) is 0 Å². The molecule has 0 N–H and O–H groups in total. The molecule has 0 unspecified atom stereocenters. The largest absolute Gasteiger partial charge is 0.299 e. The molecule has 0 saturated heterocycles. The summed E-state index contributed by atoms with van der Waals surface area (Å²) in [5, 5.41) is 0. The molecule has 0 saturated carbocycles. The molecule has 0 aromatic rings. The number of hydrogen-bond acceptors (Lipinski definition) is 1. The SMILES string of the molecule is C=CCCCCCC=CCC#CC#CC=CC=O. The number of aldehydes is 1. The van der Waals surface area contributed by atoms with Gasteiger partial charge in [0.1, 0.15) is 6.29 Å². The minimum atomic E-state index is 0.694. The standard InChI is InChI=1S/C17H20O/c1-2-3-4-5-6-7-8-9-10-11-12-13-14-15-16-17-18/h2,8-9,15-17H,1,3-7,10H2.